The van der Waals surface area contributed by atoms with Gasteiger partial charge in [-0.2, -0.15) is 0 Å². The lowest BCUT2D eigenvalue weighted by Gasteiger charge is -2.21. The molecule has 0 saturated heterocycles. The summed E-state index contributed by atoms with van der Waals surface area (Å²) in [5.74, 6) is 1.44. The highest BCUT2D eigenvalue weighted by molar-refractivity contribution is 5.77. The first-order valence-corrected chi connectivity index (χ1v) is 6.67. The van der Waals surface area contributed by atoms with Gasteiger partial charge in [0.15, 0.2) is 11.5 Å². The standard InChI is InChI=1S/C16H18N2O2/c1-10-3-4-11(2)13(7-10)18-14-9-16-15(8-12(14)17)19-5-6-20-16/h3-4,7-9,18H,5-6,17H2,1-2H3. The lowest BCUT2D eigenvalue weighted by Crippen LogP contribution is -2.15. The maximum atomic E-state index is 6.08. The second-order valence-corrected chi connectivity index (χ2v) is 5.03. The number of aryl methyl sites for hydroxylation is 2. The molecule has 104 valence electrons. The van der Waals surface area contributed by atoms with Crippen LogP contribution in [0.2, 0.25) is 0 Å². The predicted octanol–water partition coefficient (Wildman–Crippen LogP) is 3.40. The normalized spacial score (nSPS) is 13.1. The van der Waals surface area contributed by atoms with Gasteiger partial charge in [0.2, 0.25) is 0 Å². The zero-order valence-corrected chi connectivity index (χ0v) is 11.7. The van der Waals surface area contributed by atoms with Crippen molar-refractivity contribution in [3.05, 3.63) is 41.5 Å². The number of rotatable bonds is 2. The lowest BCUT2D eigenvalue weighted by molar-refractivity contribution is 0.172. The van der Waals surface area contributed by atoms with E-state index in [0.29, 0.717) is 24.7 Å². The van der Waals surface area contributed by atoms with Crippen molar-refractivity contribution < 1.29 is 9.47 Å². The molecule has 0 radical (unpaired) electrons. The summed E-state index contributed by atoms with van der Waals surface area (Å²) in [7, 11) is 0. The van der Waals surface area contributed by atoms with E-state index in [4.69, 9.17) is 15.2 Å². The molecule has 0 fully saturated rings. The van der Waals surface area contributed by atoms with Crippen LogP contribution in [0.3, 0.4) is 0 Å². The first-order valence-electron chi connectivity index (χ1n) is 6.67. The first kappa shape index (κ1) is 12.7. The van der Waals surface area contributed by atoms with E-state index in [2.05, 4.69) is 37.4 Å². The van der Waals surface area contributed by atoms with Crippen molar-refractivity contribution in [1.29, 1.82) is 0 Å². The Morgan fingerprint density at radius 3 is 2.40 bits per heavy atom. The van der Waals surface area contributed by atoms with Gasteiger partial charge in [-0.25, -0.2) is 0 Å². The minimum absolute atomic E-state index is 0.566. The molecule has 2 aromatic carbocycles. The Morgan fingerprint density at radius 2 is 1.65 bits per heavy atom. The van der Waals surface area contributed by atoms with Crippen LogP contribution in [0, 0.1) is 13.8 Å². The summed E-state index contributed by atoms with van der Waals surface area (Å²) in [6.07, 6.45) is 0. The van der Waals surface area contributed by atoms with Crippen molar-refractivity contribution in [2.45, 2.75) is 13.8 Å². The zero-order valence-electron chi connectivity index (χ0n) is 11.7. The molecule has 1 aliphatic rings. The topological polar surface area (TPSA) is 56.5 Å². The van der Waals surface area contributed by atoms with Crippen molar-refractivity contribution in [2.24, 2.45) is 0 Å². The summed E-state index contributed by atoms with van der Waals surface area (Å²) in [5, 5.41) is 3.37. The fraction of sp³-hybridized carbons (Fsp3) is 0.250. The molecule has 0 aromatic heterocycles. The van der Waals surface area contributed by atoms with E-state index in [-0.39, 0.29) is 0 Å². The third-order valence-corrected chi connectivity index (χ3v) is 3.38. The molecule has 3 rings (SSSR count). The Bertz CT molecular complexity index is 653. The van der Waals surface area contributed by atoms with Gasteiger partial charge in [-0.05, 0) is 31.0 Å². The van der Waals surface area contributed by atoms with Crippen molar-refractivity contribution in [3.63, 3.8) is 0 Å². The first-order chi connectivity index (χ1) is 9.63. The molecule has 1 heterocycles. The summed E-state index contributed by atoms with van der Waals surface area (Å²) in [6, 6.07) is 9.98. The second kappa shape index (κ2) is 4.96. The van der Waals surface area contributed by atoms with Crippen LogP contribution in [-0.4, -0.2) is 13.2 Å². The summed E-state index contributed by atoms with van der Waals surface area (Å²) in [6.45, 7) is 5.27. The van der Waals surface area contributed by atoms with Crippen LogP contribution in [0.5, 0.6) is 11.5 Å². The highest BCUT2D eigenvalue weighted by Gasteiger charge is 2.15. The number of ether oxygens (including phenoxy) is 2. The molecule has 3 N–H and O–H groups in total. The summed E-state index contributed by atoms with van der Waals surface area (Å²) in [5.41, 5.74) is 11.0. The number of hydrogen-bond acceptors (Lipinski definition) is 4. The molecule has 0 saturated carbocycles. The minimum Gasteiger partial charge on any atom is -0.486 e. The average molecular weight is 270 g/mol. The Morgan fingerprint density at radius 1 is 0.950 bits per heavy atom. The molecule has 0 amide bonds. The molecule has 0 unspecified atom stereocenters. The number of nitrogens with two attached hydrogens (primary N) is 1. The number of benzene rings is 2. The van der Waals surface area contributed by atoms with Gasteiger partial charge < -0.3 is 20.5 Å². The van der Waals surface area contributed by atoms with E-state index < -0.39 is 0 Å². The van der Waals surface area contributed by atoms with E-state index in [9.17, 15) is 0 Å². The fourth-order valence-corrected chi connectivity index (χ4v) is 2.23. The van der Waals surface area contributed by atoms with Crippen LogP contribution >= 0.6 is 0 Å². The minimum atomic E-state index is 0.566. The number of anilines is 3. The molecule has 4 heteroatoms. The van der Waals surface area contributed by atoms with Gasteiger partial charge >= 0.3 is 0 Å². The van der Waals surface area contributed by atoms with Crippen LogP contribution in [0.4, 0.5) is 17.1 Å². The number of nitrogen functional groups attached to an aromatic ring is 1. The number of hydrogen-bond donors (Lipinski definition) is 2. The van der Waals surface area contributed by atoms with E-state index in [1.54, 1.807) is 0 Å². The third kappa shape index (κ3) is 2.37. The van der Waals surface area contributed by atoms with E-state index >= 15 is 0 Å². The van der Waals surface area contributed by atoms with Crippen molar-refractivity contribution in [2.75, 3.05) is 24.3 Å². The van der Waals surface area contributed by atoms with Gasteiger partial charge in [0.1, 0.15) is 13.2 Å². The quantitative estimate of drug-likeness (QED) is 0.821. The molecule has 0 bridgehead atoms. The Balaban J connectivity index is 1.96. The Labute approximate surface area is 118 Å². The zero-order chi connectivity index (χ0) is 14.1. The molecule has 20 heavy (non-hydrogen) atoms. The molecule has 4 nitrogen and oxygen atoms in total. The van der Waals surface area contributed by atoms with Gasteiger partial charge in [-0.15, -0.1) is 0 Å². The molecular formula is C16H18N2O2. The van der Waals surface area contributed by atoms with E-state index in [1.165, 1.54) is 11.1 Å². The summed E-state index contributed by atoms with van der Waals surface area (Å²) in [4.78, 5) is 0. The van der Waals surface area contributed by atoms with Crippen molar-refractivity contribution in [3.8, 4) is 11.5 Å². The van der Waals surface area contributed by atoms with E-state index in [0.717, 1.165) is 17.1 Å². The van der Waals surface area contributed by atoms with E-state index in [1.807, 2.05) is 12.1 Å². The monoisotopic (exact) mass is 270 g/mol. The maximum absolute atomic E-state index is 6.08. The maximum Gasteiger partial charge on any atom is 0.163 e. The number of nitrogens with one attached hydrogen (secondary N) is 1. The van der Waals surface area contributed by atoms with Gasteiger partial charge in [-0.3, -0.25) is 0 Å². The Kier molecular flexibility index (Phi) is 3.14. The van der Waals surface area contributed by atoms with Crippen molar-refractivity contribution >= 4 is 17.1 Å². The highest BCUT2D eigenvalue weighted by atomic mass is 16.6. The SMILES string of the molecule is Cc1ccc(C)c(Nc2cc3c(cc2N)OCCO3)c1. The van der Waals surface area contributed by atoms with Crippen LogP contribution in [0.15, 0.2) is 30.3 Å². The summed E-state index contributed by atoms with van der Waals surface area (Å²) >= 11 is 0. The average Bonchev–Trinajstić information content (AvgIpc) is 2.43. The van der Waals surface area contributed by atoms with Crippen LogP contribution in [0.25, 0.3) is 0 Å². The molecule has 0 aliphatic carbocycles. The predicted molar refractivity (Wildman–Crippen MR) is 81.0 cm³/mol. The molecular weight excluding hydrogens is 252 g/mol. The highest BCUT2D eigenvalue weighted by Crippen LogP contribution is 2.38. The molecule has 0 spiro atoms. The van der Waals surface area contributed by atoms with Crippen LogP contribution < -0.4 is 20.5 Å². The second-order valence-electron chi connectivity index (χ2n) is 5.03. The molecule has 2 aromatic rings. The van der Waals surface area contributed by atoms with Gasteiger partial charge in [0.25, 0.3) is 0 Å². The van der Waals surface area contributed by atoms with Gasteiger partial charge in [-0.1, -0.05) is 12.1 Å². The smallest absolute Gasteiger partial charge is 0.163 e. The fourth-order valence-electron chi connectivity index (χ4n) is 2.23. The third-order valence-electron chi connectivity index (χ3n) is 3.38. The molecule has 1 aliphatic heterocycles. The van der Waals surface area contributed by atoms with Gasteiger partial charge in [0.05, 0.1) is 11.4 Å². The summed E-state index contributed by atoms with van der Waals surface area (Å²) < 4.78 is 11.1. The van der Waals surface area contributed by atoms with Crippen LogP contribution in [0.1, 0.15) is 11.1 Å². The van der Waals surface area contributed by atoms with Crippen molar-refractivity contribution in [1.82, 2.24) is 0 Å². The lowest BCUT2D eigenvalue weighted by atomic mass is 10.1. The molecule has 0 atom stereocenters. The Hall–Kier alpha value is -2.36. The number of fused-ring (bicyclic) bond motifs is 1. The van der Waals surface area contributed by atoms with Crippen LogP contribution in [-0.2, 0) is 0 Å². The van der Waals surface area contributed by atoms with Gasteiger partial charge in [0, 0.05) is 17.8 Å². The largest absolute Gasteiger partial charge is 0.486 e.